The van der Waals surface area contributed by atoms with Gasteiger partial charge in [-0.05, 0) is 40.0 Å². The van der Waals surface area contributed by atoms with E-state index in [0.29, 0.717) is 18.3 Å². The van der Waals surface area contributed by atoms with Gasteiger partial charge in [-0.1, -0.05) is 106 Å². The number of thiazole rings is 1. The molecule has 44 heavy (non-hydrogen) atoms. The molecule has 5 aromatic rings. The Morgan fingerprint density at radius 1 is 0.932 bits per heavy atom. The number of anilines is 1. The highest BCUT2D eigenvalue weighted by Crippen LogP contribution is 2.37. The molecule has 6 nitrogen and oxygen atoms in total. The molecule has 0 radical (unpaired) electrons. The fourth-order valence-corrected chi connectivity index (χ4v) is 10.8. The van der Waals surface area contributed by atoms with Crippen LogP contribution in [0.4, 0.5) is 9.52 Å². The number of carbonyl (C=O) groups is 1. The Hall–Kier alpha value is -4.02. The minimum Gasteiger partial charge on any atom is -0.402 e. The molecular weight excluding hydrogens is 590 g/mol. The zero-order chi connectivity index (χ0) is 31.2. The Morgan fingerprint density at radius 2 is 1.57 bits per heavy atom. The third-order valence-corrected chi connectivity index (χ3v) is 13.3. The van der Waals surface area contributed by atoms with Crippen molar-refractivity contribution >= 4 is 41.1 Å². The molecule has 0 spiro atoms. The molecule has 0 aliphatic heterocycles. The summed E-state index contributed by atoms with van der Waals surface area (Å²) in [5, 5.41) is 7.41. The number of halogens is 1. The minimum absolute atomic E-state index is 0.117. The highest BCUT2D eigenvalue weighted by molar-refractivity contribution is 7.14. The van der Waals surface area contributed by atoms with Gasteiger partial charge in [-0.2, -0.15) is 0 Å². The van der Waals surface area contributed by atoms with Gasteiger partial charge in [0.25, 0.3) is 14.2 Å². The molecule has 0 aliphatic rings. The number of benzene rings is 3. The highest BCUT2D eigenvalue weighted by atomic mass is 32.1. The Kier molecular flexibility index (Phi) is 9.80. The summed E-state index contributed by atoms with van der Waals surface area (Å²) in [5.74, 6) is -0.946. The standard InChI is InChI=1S/C35H36FN3O3SSi/c1-25(42-44(35(2,3)4,28-14-7-5-8-15-28)29-16-9-6-10-17-29)22-41-23-26-13-11-12-18-30(26)32-24-43-34(38-32)39-33(40)31-20-19-27(36)21-37-31/h5-21,24-25H,22-23H2,1-4H3,(H,38,39,40)/t25-/m1/s1. The molecule has 0 fully saturated rings. The first-order chi connectivity index (χ1) is 21.2. The number of amides is 1. The summed E-state index contributed by atoms with van der Waals surface area (Å²) in [6.07, 6.45) is 0.855. The molecule has 1 amide bonds. The summed E-state index contributed by atoms with van der Waals surface area (Å²) in [5.41, 5.74) is 2.75. The molecule has 1 N–H and O–H groups in total. The lowest BCUT2D eigenvalue weighted by molar-refractivity contribution is 0.0450. The summed E-state index contributed by atoms with van der Waals surface area (Å²) in [6, 6.07) is 31.7. The van der Waals surface area contributed by atoms with E-state index >= 15 is 0 Å². The molecule has 226 valence electrons. The summed E-state index contributed by atoms with van der Waals surface area (Å²) >= 11 is 1.31. The first-order valence-corrected chi connectivity index (χ1v) is 17.3. The van der Waals surface area contributed by atoms with Crippen LogP contribution in [-0.4, -0.2) is 36.9 Å². The Balaban J connectivity index is 1.29. The van der Waals surface area contributed by atoms with E-state index in [2.05, 4.69) is 91.5 Å². The third-order valence-electron chi connectivity index (χ3n) is 7.38. The number of aromatic nitrogens is 2. The number of hydrogen-bond donors (Lipinski definition) is 1. The number of hydrogen-bond acceptors (Lipinski definition) is 6. The second kappa shape index (κ2) is 13.7. The van der Waals surface area contributed by atoms with Crippen LogP contribution in [-0.2, 0) is 15.8 Å². The zero-order valence-corrected chi connectivity index (χ0v) is 27.1. The van der Waals surface area contributed by atoms with E-state index in [4.69, 9.17) is 9.16 Å². The number of pyridine rings is 1. The number of carbonyl (C=O) groups excluding carboxylic acids is 1. The van der Waals surface area contributed by atoms with Crippen molar-refractivity contribution in [3.8, 4) is 11.3 Å². The van der Waals surface area contributed by atoms with Crippen LogP contribution >= 0.6 is 11.3 Å². The Morgan fingerprint density at radius 3 is 2.18 bits per heavy atom. The maximum Gasteiger partial charge on any atom is 0.276 e. The van der Waals surface area contributed by atoms with Crippen LogP contribution in [0.5, 0.6) is 0 Å². The van der Waals surface area contributed by atoms with Crippen molar-refractivity contribution in [2.24, 2.45) is 0 Å². The van der Waals surface area contributed by atoms with Gasteiger partial charge in [-0.15, -0.1) is 11.3 Å². The van der Waals surface area contributed by atoms with Crippen LogP contribution in [0.2, 0.25) is 5.04 Å². The number of nitrogens with zero attached hydrogens (tertiary/aromatic N) is 2. The number of ether oxygens (including phenoxy) is 1. The van der Waals surface area contributed by atoms with Crippen molar-refractivity contribution in [1.82, 2.24) is 9.97 Å². The third kappa shape index (κ3) is 7.02. The van der Waals surface area contributed by atoms with Gasteiger partial charge in [-0.3, -0.25) is 10.1 Å². The van der Waals surface area contributed by atoms with Crippen molar-refractivity contribution in [2.45, 2.75) is 45.4 Å². The number of rotatable bonds is 11. The number of nitrogens with one attached hydrogen (secondary N) is 1. The summed E-state index contributed by atoms with van der Waals surface area (Å²) in [7, 11) is -2.69. The van der Waals surface area contributed by atoms with Gasteiger partial charge in [-0.25, -0.2) is 14.4 Å². The van der Waals surface area contributed by atoms with Crippen molar-refractivity contribution in [1.29, 1.82) is 0 Å². The normalized spacial score (nSPS) is 12.6. The van der Waals surface area contributed by atoms with Gasteiger partial charge < -0.3 is 9.16 Å². The van der Waals surface area contributed by atoms with Gasteiger partial charge in [0, 0.05) is 10.9 Å². The first kappa shape index (κ1) is 31.4. The van der Waals surface area contributed by atoms with Gasteiger partial charge in [0.05, 0.1) is 31.2 Å². The fraction of sp³-hybridized carbons (Fsp3) is 0.229. The van der Waals surface area contributed by atoms with Crippen LogP contribution in [0.15, 0.2) is 109 Å². The molecule has 0 bridgehead atoms. The van der Waals surface area contributed by atoms with Crippen LogP contribution < -0.4 is 15.7 Å². The van der Waals surface area contributed by atoms with Gasteiger partial charge in [0.2, 0.25) is 0 Å². The molecule has 2 heterocycles. The molecule has 5 rings (SSSR count). The molecule has 0 aliphatic carbocycles. The van der Waals surface area contributed by atoms with E-state index in [1.54, 1.807) is 0 Å². The van der Waals surface area contributed by atoms with E-state index in [9.17, 15) is 9.18 Å². The summed E-state index contributed by atoms with van der Waals surface area (Å²) in [6.45, 7) is 9.68. The van der Waals surface area contributed by atoms with Crippen molar-refractivity contribution in [3.05, 3.63) is 126 Å². The van der Waals surface area contributed by atoms with E-state index in [1.807, 2.05) is 41.8 Å². The van der Waals surface area contributed by atoms with Gasteiger partial charge in [0.15, 0.2) is 5.13 Å². The summed E-state index contributed by atoms with van der Waals surface area (Å²) < 4.78 is 26.6. The van der Waals surface area contributed by atoms with E-state index < -0.39 is 20.0 Å². The predicted molar refractivity (Wildman–Crippen MR) is 178 cm³/mol. The van der Waals surface area contributed by atoms with Crippen LogP contribution in [0.25, 0.3) is 11.3 Å². The molecular formula is C35H36FN3O3SSi. The lowest BCUT2D eigenvalue weighted by Crippen LogP contribution is -2.67. The largest absolute Gasteiger partial charge is 0.402 e. The van der Waals surface area contributed by atoms with Crippen molar-refractivity contribution in [2.75, 3.05) is 11.9 Å². The van der Waals surface area contributed by atoms with Gasteiger partial charge in [0.1, 0.15) is 11.5 Å². The van der Waals surface area contributed by atoms with Crippen LogP contribution in [0, 0.1) is 5.82 Å². The van der Waals surface area contributed by atoms with Crippen LogP contribution in [0.1, 0.15) is 43.7 Å². The fourth-order valence-electron chi connectivity index (χ4n) is 5.38. The Labute approximate surface area is 263 Å². The zero-order valence-electron chi connectivity index (χ0n) is 25.3. The molecule has 1 atom stereocenters. The van der Waals surface area contributed by atoms with E-state index in [0.717, 1.165) is 23.0 Å². The van der Waals surface area contributed by atoms with Gasteiger partial charge >= 0.3 is 0 Å². The molecule has 0 unspecified atom stereocenters. The molecule has 9 heteroatoms. The second-order valence-electron chi connectivity index (χ2n) is 11.6. The van der Waals surface area contributed by atoms with Crippen LogP contribution in [0.3, 0.4) is 0 Å². The average molecular weight is 626 g/mol. The maximum atomic E-state index is 13.2. The molecule has 3 aromatic carbocycles. The molecule has 0 saturated carbocycles. The maximum absolute atomic E-state index is 13.2. The SMILES string of the molecule is C[C@H](COCc1ccccc1-c1csc(NC(=O)c2ccc(F)cn2)n1)O[Si](c1ccccc1)(c1ccccc1)C(C)(C)C. The predicted octanol–water partition coefficient (Wildman–Crippen LogP) is 7.08. The van der Waals surface area contributed by atoms with Crippen molar-refractivity contribution in [3.63, 3.8) is 0 Å². The van der Waals surface area contributed by atoms with E-state index in [1.165, 1.54) is 33.8 Å². The van der Waals surface area contributed by atoms with E-state index in [-0.39, 0.29) is 16.8 Å². The molecule has 2 aromatic heterocycles. The lowest BCUT2D eigenvalue weighted by Gasteiger charge is -2.44. The van der Waals surface area contributed by atoms with Crippen molar-refractivity contribution < 1.29 is 18.3 Å². The monoisotopic (exact) mass is 625 g/mol. The highest BCUT2D eigenvalue weighted by Gasteiger charge is 2.51. The second-order valence-corrected chi connectivity index (χ2v) is 16.7. The minimum atomic E-state index is -2.69. The summed E-state index contributed by atoms with van der Waals surface area (Å²) in [4.78, 5) is 21.0. The smallest absolute Gasteiger partial charge is 0.276 e. The average Bonchev–Trinajstić information content (AvgIpc) is 3.49. The molecule has 0 saturated heterocycles. The first-order valence-electron chi connectivity index (χ1n) is 14.5. The quantitative estimate of drug-likeness (QED) is 0.159. The topological polar surface area (TPSA) is 73.3 Å². The Bertz CT molecular complexity index is 1640. The lowest BCUT2D eigenvalue weighted by atomic mass is 10.1.